The predicted octanol–water partition coefficient (Wildman–Crippen LogP) is 2.59. The summed E-state index contributed by atoms with van der Waals surface area (Å²) in [5, 5.41) is 18.9. The highest BCUT2D eigenvalue weighted by molar-refractivity contribution is 4.84. The fraction of sp³-hybridized carbons (Fsp3) is 1.00. The number of nitrogens with two attached hydrogens (primary N) is 1. The van der Waals surface area contributed by atoms with Crippen molar-refractivity contribution in [3.05, 3.63) is 0 Å². The van der Waals surface area contributed by atoms with Crippen molar-refractivity contribution in [3.8, 4) is 0 Å². The number of aliphatic hydroxyl groups excluding tert-OH is 1. The first-order chi connectivity index (χ1) is 8.04. The van der Waals surface area contributed by atoms with E-state index in [0.29, 0.717) is 6.42 Å². The molecule has 0 aromatic heterocycles. The molecule has 0 aromatic carbocycles. The third kappa shape index (κ3) is 8.58. The zero-order valence-electron chi connectivity index (χ0n) is 11.6. The Bertz CT molecular complexity index is 172. The first-order valence-corrected chi connectivity index (χ1v) is 7.13. The summed E-state index contributed by atoms with van der Waals surface area (Å²) in [6.45, 7) is 3.80. The van der Waals surface area contributed by atoms with Gasteiger partial charge in [-0.3, -0.25) is 0 Å². The molecule has 4 N–H and O–H groups in total. The zero-order valence-corrected chi connectivity index (χ0v) is 11.6. The van der Waals surface area contributed by atoms with Gasteiger partial charge in [0, 0.05) is 0 Å². The molecule has 0 aliphatic rings. The molecule has 0 heterocycles. The van der Waals surface area contributed by atoms with Gasteiger partial charge in [-0.2, -0.15) is 0 Å². The Morgan fingerprint density at radius 3 is 1.94 bits per heavy atom. The van der Waals surface area contributed by atoms with Crippen molar-refractivity contribution in [1.29, 1.82) is 0 Å². The van der Waals surface area contributed by atoms with Gasteiger partial charge in [0.1, 0.15) is 0 Å². The molecule has 0 fully saturated rings. The van der Waals surface area contributed by atoms with Gasteiger partial charge in [0.25, 0.3) is 0 Å². The second-order valence-corrected chi connectivity index (χ2v) is 5.37. The van der Waals surface area contributed by atoms with Crippen molar-refractivity contribution in [1.82, 2.24) is 0 Å². The van der Waals surface area contributed by atoms with Crippen LogP contribution in [0.25, 0.3) is 0 Å². The van der Waals surface area contributed by atoms with Crippen LogP contribution in [0.4, 0.5) is 0 Å². The van der Waals surface area contributed by atoms with Crippen LogP contribution in [0.15, 0.2) is 0 Å². The molecule has 0 saturated heterocycles. The van der Waals surface area contributed by atoms with Crippen molar-refractivity contribution in [3.63, 3.8) is 0 Å². The maximum atomic E-state index is 9.97. The van der Waals surface area contributed by atoms with Gasteiger partial charge in [0.15, 0.2) is 0 Å². The molecule has 2 atom stereocenters. The number of hydrogen-bond donors (Lipinski definition) is 3. The Balaban J connectivity index is 3.38. The molecular weight excluding hydrogens is 214 g/mol. The van der Waals surface area contributed by atoms with Crippen molar-refractivity contribution >= 4 is 0 Å². The lowest BCUT2D eigenvalue weighted by molar-refractivity contribution is 0.00357. The van der Waals surface area contributed by atoms with Crippen molar-refractivity contribution in [2.45, 2.75) is 83.3 Å². The van der Waals surface area contributed by atoms with Crippen LogP contribution in [-0.2, 0) is 0 Å². The van der Waals surface area contributed by atoms with Crippen LogP contribution in [0.3, 0.4) is 0 Å². The van der Waals surface area contributed by atoms with E-state index in [0.717, 1.165) is 12.8 Å². The average Bonchev–Trinajstić information content (AvgIpc) is 2.31. The van der Waals surface area contributed by atoms with E-state index in [1.165, 1.54) is 38.5 Å². The minimum Gasteiger partial charge on any atom is -0.395 e. The van der Waals surface area contributed by atoms with Gasteiger partial charge in [-0.05, 0) is 13.3 Å². The molecule has 2 unspecified atom stereocenters. The zero-order chi connectivity index (χ0) is 13.1. The molecule has 0 saturated carbocycles. The van der Waals surface area contributed by atoms with Crippen molar-refractivity contribution < 1.29 is 10.2 Å². The van der Waals surface area contributed by atoms with Gasteiger partial charge in [-0.1, -0.05) is 58.3 Å². The standard InChI is InChI=1S/C14H31NO2/c1-3-4-5-6-7-8-9-10-11-14(2,17)13(15)12-16/h13,16-17H,3-12,15H2,1-2H3. The van der Waals surface area contributed by atoms with Crippen LogP contribution in [0, 0.1) is 0 Å². The fourth-order valence-electron chi connectivity index (χ4n) is 2.00. The highest BCUT2D eigenvalue weighted by Gasteiger charge is 2.27. The molecule has 0 radical (unpaired) electrons. The highest BCUT2D eigenvalue weighted by atomic mass is 16.3. The van der Waals surface area contributed by atoms with Gasteiger partial charge in [-0.15, -0.1) is 0 Å². The summed E-state index contributed by atoms with van der Waals surface area (Å²) in [6.07, 6.45) is 10.7. The van der Waals surface area contributed by atoms with E-state index in [1.807, 2.05) is 0 Å². The normalized spacial score (nSPS) is 16.8. The third-order valence-electron chi connectivity index (χ3n) is 3.53. The van der Waals surface area contributed by atoms with Gasteiger partial charge < -0.3 is 15.9 Å². The largest absolute Gasteiger partial charge is 0.395 e. The Labute approximate surface area is 106 Å². The lowest BCUT2D eigenvalue weighted by Gasteiger charge is -2.28. The molecule has 104 valence electrons. The van der Waals surface area contributed by atoms with Crippen LogP contribution in [0.2, 0.25) is 0 Å². The maximum absolute atomic E-state index is 9.97. The van der Waals surface area contributed by atoms with Crippen molar-refractivity contribution in [2.24, 2.45) is 5.73 Å². The fourth-order valence-corrected chi connectivity index (χ4v) is 2.00. The van der Waals surface area contributed by atoms with E-state index in [2.05, 4.69) is 6.92 Å². The number of hydrogen-bond acceptors (Lipinski definition) is 3. The minimum absolute atomic E-state index is 0.149. The van der Waals surface area contributed by atoms with E-state index in [1.54, 1.807) is 6.92 Å². The molecular formula is C14H31NO2. The number of rotatable bonds is 11. The Hall–Kier alpha value is -0.120. The molecule has 17 heavy (non-hydrogen) atoms. The van der Waals surface area contributed by atoms with Crippen LogP contribution < -0.4 is 5.73 Å². The second kappa shape index (κ2) is 9.86. The lowest BCUT2D eigenvalue weighted by atomic mass is 9.91. The second-order valence-electron chi connectivity index (χ2n) is 5.37. The molecule has 3 heteroatoms. The Morgan fingerprint density at radius 1 is 1.00 bits per heavy atom. The van der Waals surface area contributed by atoms with E-state index in [9.17, 15) is 5.11 Å². The first-order valence-electron chi connectivity index (χ1n) is 7.13. The molecule has 0 rings (SSSR count). The smallest absolute Gasteiger partial charge is 0.0792 e. The average molecular weight is 245 g/mol. The molecule has 0 aromatic rings. The van der Waals surface area contributed by atoms with Crippen LogP contribution in [0.5, 0.6) is 0 Å². The summed E-state index contributed by atoms with van der Waals surface area (Å²) in [5.74, 6) is 0. The van der Waals surface area contributed by atoms with Crippen LogP contribution >= 0.6 is 0 Å². The Morgan fingerprint density at radius 2 is 1.47 bits per heavy atom. The molecule has 0 spiro atoms. The third-order valence-corrected chi connectivity index (χ3v) is 3.53. The van der Waals surface area contributed by atoms with Crippen molar-refractivity contribution in [2.75, 3.05) is 6.61 Å². The van der Waals surface area contributed by atoms with Crippen LogP contribution in [-0.4, -0.2) is 28.5 Å². The van der Waals surface area contributed by atoms with Gasteiger partial charge in [-0.25, -0.2) is 0 Å². The summed E-state index contributed by atoms with van der Waals surface area (Å²) in [4.78, 5) is 0. The summed E-state index contributed by atoms with van der Waals surface area (Å²) in [5.41, 5.74) is 4.73. The maximum Gasteiger partial charge on any atom is 0.0792 e. The van der Waals surface area contributed by atoms with E-state index < -0.39 is 11.6 Å². The summed E-state index contributed by atoms with van der Waals surface area (Å²) in [6, 6.07) is -0.521. The molecule has 0 aliphatic carbocycles. The predicted molar refractivity (Wildman–Crippen MR) is 72.9 cm³/mol. The first kappa shape index (κ1) is 16.9. The van der Waals surface area contributed by atoms with E-state index >= 15 is 0 Å². The molecule has 0 bridgehead atoms. The van der Waals surface area contributed by atoms with Gasteiger partial charge >= 0.3 is 0 Å². The number of aliphatic hydroxyl groups is 2. The highest BCUT2D eigenvalue weighted by Crippen LogP contribution is 2.18. The topological polar surface area (TPSA) is 66.5 Å². The van der Waals surface area contributed by atoms with Crippen LogP contribution in [0.1, 0.15) is 71.6 Å². The quantitative estimate of drug-likeness (QED) is 0.490. The summed E-state index contributed by atoms with van der Waals surface area (Å²) >= 11 is 0. The summed E-state index contributed by atoms with van der Waals surface area (Å²) < 4.78 is 0. The molecule has 0 aliphatic heterocycles. The Kier molecular flexibility index (Phi) is 9.79. The SMILES string of the molecule is CCCCCCCCCCC(C)(O)C(N)CO. The number of unbranched alkanes of at least 4 members (excludes halogenated alkanes) is 7. The van der Waals surface area contributed by atoms with Gasteiger partial charge in [0.05, 0.1) is 18.2 Å². The molecule has 3 nitrogen and oxygen atoms in total. The summed E-state index contributed by atoms with van der Waals surface area (Å²) in [7, 11) is 0. The monoisotopic (exact) mass is 245 g/mol. The van der Waals surface area contributed by atoms with E-state index in [-0.39, 0.29) is 6.61 Å². The minimum atomic E-state index is -0.920. The molecule has 0 amide bonds. The van der Waals surface area contributed by atoms with E-state index in [4.69, 9.17) is 10.8 Å². The lowest BCUT2D eigenvalue weighted by Crippen LogP contribution is -2.47. The van der Waals surface area contributed by atoms with Gasteiger partial charge in [0.2, 0.25) is 0 Å².